The fourth-order valence-electron chi connectivity index (χ4n) is 0.964. The summed E-state index contributed by atoms with van der Waals surface area (Å²) in [6, 6.07) is 7.40. The summed E-state index contributed by atoms with van der Waals surface area (Å²) in [6.07, 6.45) is -3.32. The number of rotatable bonds is 5. The van der Waals surface area contributed by atoms with Crippen LogP contribution in [-0.2, 0) is 9.53 Å². The lowest BCUT2D eigenvalue weighted by atomic mass is 10.1. The van der Waals surface area contributed by atoms with E-state index < -0.39 is 6.16 Å². The molecule has 0 saturated carbocycles. The van der Waals surface area contributed by atoms with E-state index in [9.17, 15) is 4.79 Å². The number of aliphatic hydroxyl groups is 3. The molecule has 0 aliphatic carbocycles. The second-order valence-corrected chi connectivity index (χ2v) is 3.73. The van der Waals surface area contributed by atoms with Gasteiger partial charge in [0.15, 0.2) is 5.78 Å². The minimum absolute atomic E-state index is 0.109. The Morgan fingerprint density at radius 3 is 2.16 bits per heavy atom. The van der Waals surface area contributed by atoms with Gasteiger partial charge in [-0.05, 0) is 24.3 Å². The molecule has 4 N–H and O–H groups in total. The highest BCUT2D eigenvalue weighted by molar-refractivity contribution is 9.09. The molecule has 0 atom stereocenters. The molecule has 1 aromatic carbocycles. The Hall–Kier alpha value is -1.48. The van der Waals surface area contributed by atoms with Crippen molar-refractivity contribution in [3.05, 3.63) is 29.8 Å². The van der Waals surface area contributed by atoms with Gasteiger partial charge in [-0.3, -0.25) is 9.59 Å². The van der Waals surface area contributed by atoms with Crippen LogP contribution < -0.4 is 5.32 Å². The first-order chi connectivity index (χ1) is 8.84. The second-order valence-electron chi connectivity index (χ2n) is 3.17. The number of nitrogens with one attached hydrogen (secondary N) is 1. The SMILES string of the molecule is CNc1ccc(C(=O)CBr)cc1.O=COC(O)(O)O. The summed E-state index contributed by atoms with van der Waals surface area (Å²) in [7, 11) is 1.85. The Balaban J connectivity index is 0.000000399. The molecule has 0 heterocycles. The quantitative estimate of drug-likeness (QED) is 0.260. The smallest absolute Gasteiger partial charge is 0.388 e. The Morgan fingerprint density at radius 2 is 1.89 bits per heavy atom. The Bertz CT molecular complexity index is 401. The average Bonchev–Trinajstić information content (AvgIpc) is 2.37. The van der Waals surface area contributed by atoms with Crippen molar-refractivity contribution in [2.45, 2.75) is 6.16 Å². The zero-order valence-electron chi connectivity index (χ0n) is 10.0. The number of Topliss-reactive ketones (excluding diaryl/α,β-unsaturated/α-hetero) is 1. The number of carbonyl (C=O) groups is 2. The van der Waals surface area contributed by atoms with Gasteiger partial charge in [0, 0.05) is 18.3 Å². The van der Waals surface area contributed by atoms with Crippen molar-refractivity contribution in [3.8, 4) is 0 Å². The van der Waals surface area contributed by atoms with E-state index in [4.69, 9.17) is 20.1 Å². The van der Waals surface area contributed by atoms with Crippen LogP contribution in [0.3, 0.4) is 0 Å². The van der Waals surface area contributed by atoms with Crippen molar-refractivity contribution in [2.75, 3.05) is 17.7 Å². The van der Waals surface area contributed by atoms with Gasteiger partial charge in [-0.2, -0.15) is 0 Å². The average molecular weight is 336 g/mol. The summed E-state index contributed by atoms with van der Waals surface area (Å²) in [4.78, 5) is 20.3. The molecule has 0 aliphatic heterocycles. The zero-order valence-corrected chi connectivity index (χ0v) is 11.6. The maximum absolute atomic E-state index is 11.1. The van der Waals surface area contributed by atoms with E-state index in [2.05, 4.69) is 26.0 Å². The predicted molar refractivity (Wildman–Crippen MR) is 70.6 cm³/mol. The molecule has 0 bridgehead atoms. The summed E-state index contributed by atoms with van der Waals surface area (Å²) in [5, 5.41) is 26.4. The minimum Gasteiger partial charge on any atom is -0.388 e. The molecule has 0 amide bonds. The molecule has 0 saturated heterocycles. The fraction of sp³-hybridized carbons (Fsp3) is 0.273. The number of ketones is 1. The van der Waals surface area contributed by atoms with Crippen LogP contribution >= 0.6 is 15.9 Å². The summed E-state index contributed by atoms with van der Waals surface area (Å²) in [5.74, 6) is 0.109. The largest absolute Gasteiger partial charge is 0.455 e. The number of carbonyl (C=O) groups excluding carboxylic acids is 2. The highest BCUT2D eigenvalue weighted by Gasteiger charge is 2.18. The molecular formula is C11H14BrNO6. The number of hydrogen-bond acceptors (Lipinski definition) is 7. The maximum atomic E-state index is 11.1. The van der Waals surface area contributed by atoms with Gasteiger partial charge in [0.1, 0.15) is 0 Å². The third-order valence-electron chi connectivity index (χ3n) is 1.82. The van der Waals surface area contributed by atoms with Crippen molar-refractivity contribution < 1.29 is 29.6 Å². The molecular weight excluding hydrogens is 322 g/mol. The number of halogens is 1. The van der Waals surface area contributed by atoms with E-state index in [1.807, 2.05) is 31.3 Å². The van der Waals surface area contributed by atoms with Crippen molar-refractivity contribution in [1.29, 1.82) is 0 Å². The van der Waals surface area contributed by atoms with Crippen LogP contribution in [0, 0.1) is 0 Å². The maximum Gasteiger partial charge on any atom is 0.455 e. The first-order valence-corrected chi connectivity index (χ1v) is 6.11. The Morgan fingerprint density at radius 1 is 1.37 bits per heavy atom. The molecule has 7 nitrogen and oxygen atoms in total. The van der Waals surface area contributed by atoms with E-state index in [0.29, 0.717) is 5.33 Å². The summed E-state index contributed by atoms with van der Waals surface area (Å²) in [6.45, 7) is -0.292. The van der Waals surface area contributed by atoms with Gasteiger partial charge in [0.05, 0.1) is 5.33 Å². The van der Waals surface area contributed by atoms with Gasteiger partial charge >= 0.3 is 6.16 Å². The first-order valence-electron chi connectivity index (χ1n) is 4.99. The van der Waals surface area contributed by atoms with Gasteiger partial charge < -0.3 is 25.4 Å². The van der Waals surface area contributed by atoms with Crippen LogP contribution in [0.5, 0.6) is 0 Å². The van der Waals surface area contributed by atoms with Gasteiger partial charge in [0.2, 0.25) is 0 Å². The van der Waals surface area contributed by atoms with Crippen LogP contribution in [-0.4, -0.2) is 46.1 Å². The van der Waals surface area contributed by atoms with Crippen LogP contribution in [0.2, 0.25) is 0 Å². The molecule has 0 radical (unpaired) electrons. The standard InChI is InChI=1S/C9H10BrNO.C2H4O5/c1-11-8-4-2-7(3-5-8)9(12)6-10;3-1-7-2(4,5)6/h2-5,11H,6H2,1H3;1,4-6H. The van der Waals surface area contributed by atoms with Gasteiger partial charge in [0.25, 0.3) is 6.47 Å². The van der Waals surface area contributed by atoms with Crippen molar-refractivity contribution in [2.24, 2.45) is 0 Å². The lowest BCUT2D eigenvalue weighted by Crippen LogP contribution is -2.30. The number of hydrogen-bond donors (Lipinski definition) is 4. The monoisotopic (exact) mass is 335 g/mol. The summed E-state index contributed by atoms with van der Waals surface area (Å²) in [5.41, 5.74) is 1.76. The second kappa shape index (κ2) is 8.59. The van der Waals surface area contributed by atoms with E-state index in [1.54, 1.807) is 0 Å². The molecule has 8 heteroatoms. The molecule has 0 aromatic heterocycles. The van der Waals surface area contributed by atoms with Gasteiger partial charge in [-0.25, -0.2) is 0 Å². The molecule has 1 aromatic rings. The zero-order chi connectivity index (χ0) is 14.9. The number of ether oxygens (including phenoxy) is 1. The van der Waals surface area contributed by atoms with Gasteiger partial charge in [-0.15, -0.1) is 0 Å². The van der Waals surface area contributed by atoms with E-state index in [1.165, 1.54) is 0 Å². The first kappa shape index (κ1) is 17.5. The number of alkyl halides is 1. The normalized spacial score (nSPS) is 9.95. The third kappa shape index (κ3) is 8.27. The molecule has 0 unspecified atom stereocenters. The highest BCUT2D eigenvalue weighted by atomic mass is 79.9. The number of anilines is 1. The van der Waals surface area contributed by atoms with Gasteiger partial charge in [-0.1, -0.05) is 15.9 Å². The summed E-state index contributed by atoms with van der Waals surface area (Å²) >= 11 is 3.12. The third-order valence-corrected chi connectivity index (χ3v) is 2.33. The molecule has 0 spiro atoms. The van der Waals surface area contributed by atoms with Crippen LogP contribution in [0.15, 0.2) is 24.3 Å². The minimum atomic E-state index is -3.32. The van der Waals surface area contributed by atoms with Crippen LogP contribution in [0.1, 0.15) is 10.4 Å². The van der Waals surface area contributed by atoms with E-state index in [0.717, 1.165) is 11.3 Å². The lowest BCUT2D eigenvalue weighted by Gasteiger charge is -2.07. The predicted octanol–water partition coefficient (Wildman–Crippen LogP) is 0.0535. The molecule has 0 aliphatic rings. The number of benzene rings is 1. The van der Waals surface area contributed by atoms with E-state index in [-0.39, 0.29) is 12.3 Å². The Labute approximate surface area is 117 Å². The molecule has 1 rings (SSSR count). The topological polar surface area (TPSA) is 116 Å². The van der Waals surface area contributed by atoms with Crippen molar-refractivity contribution in [1.82, 2.24) is 0 Å². The van der Waals surface area contributed by atoms with E-state index >= 15 is 0 Å². The highest BCUT2D eigenvalue weighted by Crippen LogP contribution is 2.09. The van der Waals surface area contributed by atoms with Crippen LogP contribution in [0.25, 0.3) is 0 Å². The summed E-state index contributed by atoms with van der Waals surface area (Å²) < 4.78 is 3.22. The van der Waals surface area contributed by atoms with Crippen molar-refractivity contribution >= 4 is 33.9 Å². The molecule has 19 heavy (non-hydrogen) atoms. The molecule has 0 fully saturated rings. The molecule has 106 valence electrons. The van der Waals surface area contributed by atoms with Crippen molar-refractivity contribution in [3.63, 3.8) is 0 Å². The van der Waals surface area contributed by atoms with Crippen LogP contribution in [0.4, 0.5) is 5.69 Å². The Kier molecular flexibility index (Phi) is 7.92. The lowest BCUT2D eigenvalue weighted by molar-refractivity contribution is -0.431. The fourth-order valence-corrected chi connectivity index (χ4v) is 1.29.